The first-order valence-electron chi connectivity index (χ1n) is 4.45. The number of nitrogen functional groups attached to an aromatic ring is 1. The van der Waals surface area contributed by atoms with E-state index < -0.39 is 11.6 Å². The van der Waals surface area contributed by atoms with Crippen molar-refractivity contribution in [1.29, 1.82) is 0 Å². The quantitative estimate of drug-likeness (QED) is 0.816. The minimum absolute atomic E-state index is 0.0350. The van der Waals surface area contributed by atoms with Crippen LogP contribution in [0.3, 0.4) is 0 Å². The molecule has 0 amide bonds. The summed E-state index contributed by atoms with van der Waals surface area (Å²) in [6.07, 6.45) is 2.80. The molecule has 0 spiro atoms. The van der Waals surface area contributed by atoms with Gasteiger partial charge in [0.25, 0.3) is 0 Å². The Morgan fingerprint density at radius 2 is 1.88 bits per heavy atom. The van der Waals surface area contributed by atoms with E-state index in [-0.39, 0.29) is 17.3 Å². The fourth-order valence-electron chi connectivity index (χ4n) is 1.17. The van der Waals surface area contributed by atoms with Gasteiger partial charge in [-0.05, 0) is 12.1 Å². The molecule has 16 heavy (non-hydrogen) atoms. The molecular formula is C10H8F2N4. The number of nitrogens with one attached hydrogen (secondary N) is 1. The number of anilines is 3. The minimum Gasteiger partial charge on any atom is -0.381 e. The summed E-state index contributed by atoms with van der Waals surface area (Å²) in [4.78, 5) is 7.62. The van der Waals surface area contributed by atoms with Gasteiger partial charge in [0.2, 0.25) is 0 Å². The lowest BCUT2D eigenvalue weighted by Gasteiger charge is -2.07. The van der Waals surface area contributed by atoms with Crippen LogP contribution in [0.4, 0.5) is 26.1 Å². The Bertz CT molecular complexity index is 516. The maximum atomic E-state index is 13.3. The van der Waals surface area contributed by atoms with Crippen molar-refractivity contribution >= 4 is 17.3 Å². The van der Waals surface area contributed by atoms with Crippen molar-refractivity contribution in [2.75, 3.05) is 11.1 Å². The zero-order chi connectivity index (χ0) is 11.5. The molecule has 1 aromatic heterocycles. The maximum absolute atomic E-state index is 13.3. The molecule has 0 aliphatic heterocycles. The molecule has 0 saturated heterocycles. The summed E-state index contributed by atoms with van der Waals surface area (Å²) in [6.45, 7) is 0. The standard InChI is InChI=1S/C10H8F2N4/c11-6-1-2-7(12)8(5-6)16-10-9(13)14-3-4-15-10/h1-5H,(H2,13,14)(H,15,16). The molecule has 2 aromatic rings. The Kier molecular flexibility index (Phi) is 2.63. The second-order valence-corrected chi connectivity index (χ2v) is 3.04. The number of nitrogens with zero attached hydrogens (tertiary/aromatic N) is 2. The van der Waals surface area contributed by atoms with Gasteiger partial charge in [0.15, 0.2) is 11.6 Å². The van der Waals surface area contributed by atoms with Crippen LogP contribution in [0.1, 0.15) is 0 Å². The smallest absolute Gasteiger partial charge is 0.173 e. The molecule has 0 bridgehead atoms. The van der Waals surface area contributed by atoms with Crippen LogP contribution in [-0.4, -0.2) is 9.97 Å². The van der Waals surface area contributed by atoms with Gasteiger partial charge in [-0.25, -0.2) is 18.7 Å². The van der Waals surface area contributed by atoms with E-state index in [1.54, 1.807) is 0 Å². The molecule has 0 unspecified atom stereocenters. The van der Waals surface area contributed by atoms with Gasteiger partial charge < -0.3 is 11.1 Å². The molecule has 82 valence electrons. The van der Waals surface area contributed by atoms with Gasteiger partial charge in [0, 0.05) is 18.5 Å². The van der Waals surface area contributed by atoms with Crippen LogP contribution in [0.25, 0.3) is 0 Å². The number of halogens is 2. The zero-order valence-corrected chi connectivity index (χ0v) is 8.11. The lowest BCUT2D eigenvalue weighted by atomic mass is 10.3. The Balaban J connectivity index is 2.34. The number of hydrogen-bond acceptors (Lipinski definition) is 4. The van der Waals surface area contributed by atoms with Crippen LogP contribution in [-0.2, 0) is 0 Å². The first-order valence-corrected chi connectivity index (χ1v) is 4.45. The Hall–Kier alpha value is -2.24. The predicted octanol–water partition coefficient (Wildman–Crippen LogP) is 2.08. The molecule has 4 nitrogen and oxygen atoms in total. The summed E-state index contributed by atoms with van der Waals surface area (Å²) in [5.74, 6) is -0.837. The Morgan fingerprint density at radius 3 is 2.62 bits per heavy atom. The van der Waals surface area contributed by atoms with E-state index >= 15 is 0 Å². The van der Waals surface area contributed by atoms with Gasteiger partial charge in [0.1, 0.15) is 11.6 Å². The van der Waals surface area contributed by atoms with Crippen molar-refractivity contribution in [1.82, 2.24) is 9.97 Å². The predicted molar refractivity (Wildman–Crippen MR) is 56.1 cm³/mol. The molecule has 0 radical (unpaired) electrons. The summed E-state index contributed by atoms with van der Waals surface area (Å²) in [6, 6.07) is 3.06. The normalized spacial score (nSPS) is 10.1. The topological polar surface area (TPSA) is 63.8 Å². The summed E-state index contributed by atoms with van der Waals surface area (Å²) < 4.78 is 26.1. The van der Waals surface area contributed by atoms with E-state index in [0.717, 1.165) is 18.2 Å². The summed E-state index contributed by atoms with van der Waals surface area (Å²) in [5, 5.41) is 2.57. The lowest BCUT2D eigenvalue weighted by Crippen LogP contribution is -2.02. The molecule has 0 aliphatic carbocycles. The van der Waals surface area contributed by atoms with Gasteiger partial charge in [0.05, 0.1) is 5.69 Å². The molecule has 1 heterocycles. The fraction of sp³-hybridized carbons (Fsp3) is 0. The highest BCUT2D eigenvalue weighted by atomic mass is 19.1. The van der Waals surface area contributed by atoms with E-state index in [2.05, 4.69) is 15.3 Å². The SMILES string of the molecule is Nc1nccnc1Nc1cc(F)ccc1F. The molecular weight excluding hydrogens is 214 g/mol. The zero-order valence-electron chi connectivity index (χ0n) is 8.11. The molecule has 3 N–H and O–H groups in total. The van der Waals surface area contributed by atoms with Gasteiger partial charge >= 0.3 is 0 Å². The van der Waals surface area contributed by atoms with E-state index in [4.69, 9.17) is 5.73 Å². The lowest BCUT2D eigenvalue weighted by molar-refractivity contribution is 0.603. The van der Waals surface area contributed by atoms with Crippen molar-refractivity contribution in [2.45, 2.75) is 0 Å². The number of benzene rings is 1. The third-order valence-corrected chi connectivity index (χ3v) is 1.91. The summed E-state index contributed by atoms with van der Waals surface area (Å²) in [7, 11) is 0. The summed E-state index contributed by atoms with van der Waals surface area (Å²) >= 11 is 0. The van der Waals surface area contributed by atoms with E-state index in [1.165, 1.54) is 12.4 Å². The van der Waals surface area contributed by atoms with E-state index in [1.807, 2.05) is 0 Å². The number of rotatable bonds is 2. The van der Waals surface area contributed by atoms with Crippen molar-refractivity contribution < 1.29 is 8.78 Å². The summed E-state index contributed by atoms with van der Waals surface area (Å²) in [5.41, 5.74) is 5.47. The van der Waals surface area contributed by atoms with Crippen LogP contribution in [0.5, 0.6) is 0 Å². The molecule has 1 aromatic carbocycles. The largest absolute Gasteiger partial charge is 0.381 e. The van der Waals surface area contributed by atoms with Crippen LogP contribution >= 0.6 is 0 Å². The van der Waals surface area contributed by atoms with E-state index in [0.29, 0.717) is 0 Å². The van der Waals surface area contributed by atoms with Crippen LogP contribution in [0.2, 0.25) is 0 Å². The Labute approximate surface area is 90.1 Å². The molecule has 2 rings (SSSR count). The fourth-order valence-corrected chi connectivity index (χ4v) is 1.17. The van der Waals surface area contributed by atoms with Crippen molar-refractivity contribution in [2.24, 2.45) is 0 Å². The number of nitrogens with two attached hydrogens (primary N) is 1. The first kappa shape index (κ1) is 10.3. The molecule has 0 aliphatic rings. The second-order valence-electron chi connectivity index (χ2n) is 3.04. The maximum Gasteiger partial charge on any atom is 0.173 e. The van der Waals surface area contributed by atoms with Gasteiger partial charge in [-0.2, -0.15) is 0 Å². The van der Waals surface area contributed by atoms with Crippen molar-refractivity contribution in [3.63, 3.8) is 0 Å². The number of aromatic nitrogens is 2. The Morgan fingerprint density at radius 1 is 1.12 bits per heavy atom. The highest BCUT2D eigenvalue weighted by molar-refractivity contribution is 5.65. The number of hydrogen-bond donors (Lipinski definition) is 2. The van der Waals surface area contributed by atoms with Crippen LogP contribution in [0, 0.1) is 11.6 Å². The third-order valence-electron chi connectivity index (χ3n) is 1.91. The van der Waals surface area contributed by atoms with Crippen LogP contribution in [0.15, 0.2) is 30.6 Å². The van der Waals surface area contributed by atoms with Gasteiger partial charge in [-0.3, -0.25) is 0 Å². The average Bonchev–Trinajstić information content (AvgIpc) is 2.27. The van der Waals surface area contributed by atoms with Crippen LogP contribution < -0.4 is 11.1 Å². The van der Waals surface area contributed by atoms with Crippen molar-refractivity contribution in [3.8, 4) is 0 Å². The molecule has 0 saturated carbocycles. The molecule has 0 fully saturated rings. The molecule has 6 heteroatoms. The first-order chi connectivity index (χ1) is 7.66. The highest BCUT2D eigenvalue weighted by Gasteiger charge is 2.07. The van der Waals surface area contributed by atoms with Gasteiger partial charge in [-0.15, -0.1) is 0 Å². The van der Waals surface area contributed by atoms with E-state index in [9.17, 15) is 8.78 Å². The third kappa shape index (κ3) is 2.05. The van der Waals surface area contributed by atoms with Crippen molar-refractivity contribution in [3.05, 3.63) is 42.2 Å². The highest BCUT2D eigenvalue weighted by Crippen LogP contribution is 2.21. The van der Waals surface area contributed by atoms with Gasteiger partial charge in [-0.1, -0.05) is 0 Å². The second kappa shape index (κ2) is 4.09. The monoisotopic (exact) mass is 222 g/mol. The average molecular weight is 222 g/mol. The molecule has 0 atom stereocenters. The minimum atomic E-state index is -0.591.